The first-order chi connectivity index (χ1) is 8.06. The number of allylic oxidation sites excluding steroid dienone is 1. The first kappa shape index (κ1) is 11.5. The summed E-state index contributed by atoms with van der Waals surface area (Å²) in [5.41, 5.74) is 9.70. The van der Waals surface area contributed by atoms with Gasteiger partial charge in [0.25, 0.3) is 0 Å². The van der Waals surface area contributed by atoms with Gasteiger partial charge in [0.2, 0.25) is 0 Å². The number of nitrogens with zero attached hydrogens (tertiary/aromatic N) is 2. The van der Waals surface area contributed by atoms with Gasteiger partial charge in [-0.1, -0.05) is 24.3 Å². The number of benzene rings is 1. The monoisotopic (exact) mass is 227 g/mol. The van der Waals surface area contributed by atoms with Crippen LogP contribution in [0.4, 0.5) is 5.69 Å². The molecule has 0 fully saturated rings. The molecule has 0 aliphatic heterocycles. The highest BCUT2D eigenvalue weighted by Crippen LogP contribution is 2.21. The third kappa shape index (κ3) is 2.56. The molecule has 0 aliphatic rings. The van der Waals surface area contributed by atoms with Crippen LogP contribution in [-0.2, 0) is 6.54 Å². The molecule has 1 aromatic carbocycles. The Labute approximate surface area is 102 Å². The largest absolute Gasteiger partial charge is 0.399 e. The van der Waals surface area contributed by atoms with Crippen molar-refractivity contribution in [1.29, 1.82) is 0 Å². The van der Waals surface area contributed by atoms with Gasteiger partial charge in [0.05, 0.1) is 5.69 Å². The number of hydrogen-bond donors (Lipinski definition) is 1. The SMILES string of the molecule is C=C(C)Cn1cc(C)nc1-c1cccc(N)c1. The van der Waals surface area contributed by atoms with Crippen molar-refractivity contribution < 1.29 is 0 Å². The summed E-state index contributed by atoms with van der Waals surface area (Å²) in [4.78, 5) is 4.54. The molecule has 2 N–H and O–H groups in total. The first-order valence-electron chi connectivity index (χ1n) is 5.60. The van der Waals surface area contributed by atoms with Crippen LogP contribution < -0.4 is 5.73 Å². The third-order valence-electron chi connectivity index (χ3n) is 2.48. The van der Waals surface area contributed by atoms with Crippen LogP contribution in [0.1, 0.15) is 12.6 Å². The lowest BCUT2D eigenvalue weighted by molar-refractivity contribution is 0.794. The Balaban J connectivity index is 2.47. The lowest BCUT2D eigenvalue weighted by atomic mass is 10.2. The number of anilines is 1. The Bertz CT molecular complexity index is 552. The zero-order valence-corrected chi connectivity index (χ0v) is 10.3. The van der Waals surface area contributed by atoms with Gasteiger partial charge in [-0.25, -0.2) is 4.98 Å². The normalized spacial score (nSPS) is 10.5. The van der Waals surface area contributed by atoms with Gasteiger partial charge in [-0.3, -0.25) is 0 Å². The predicted octanol–water partition coefficient (Wildman–Crippen LogP) is 3.02. The van der Waals surface area contributed by atoms with E-state index in [1.807, 2.05) is 44.3 Å². The molecule has 2 rings (SSSR count). The maximum Gasteiger partial charge on any atom is 0.140 e. The Hall–Kier alpha value is -2.03. The molecule has 0 bridgehead atoms. The summed E-state index contributed by atoms with van der Waals surface area (Å²) in [5, 5.41) is 0. The molecule has 3 heteroatoms. The highest BCUT2D eigenvalue weighted by Gasteiger charge is 2.08. The molecule has 0 aliphatic carbocycles. The second kappa shape index (κ2) is 4.45. The van der Waals surface area contributed by atoms with Gasteiger partial charge in [-0.05, 0) is 26.0 Å². The number of imidazole rings is 1. The van der Waals surface area contributed by atoms with Gasteiger partial charge >= 0.3 is 0 Å². The number of rotatable bonds is 3. The summed E-state index contributed by atoms with van der Waals surface area (Å²) in [6.45, 7) is 8.72. The average molecular weight is 227 g/mol. The lowest BCUT2D eigenvalue weighted by Gasteiger charge is -2.07. The minimum Gasteiger partial charge on any atom is -0.399 e. The van der Waals surface area contributed by atoms with Gasteiger partial charge in [0.1, 0.15) is 5.82 Å². The highest BCUT2D eigenvalue weighted by atomic mass is 15.1. The molecular formula is C14H17N3. The number of nitrogen functional groups attached to an aromatic ring is 1. The van der Waals surface area contributed by atoms with Crippen molar-refractivity contribution in [3.8, 4) is 11.4 Å². The molecule has 17 heavy (non-hydrogen) atoms. The number of hydrogen-bond acceptors (Lipinski definition) is 2. The van der Waals surface area contributed by atoms with E-state index in [2.05, 4.69) is 16.1 Å². The molecule has 0 unspecified atom stereocenters. The van der Waals surface area contributed by atoms with Gasteiger partial charge in [-0.15, -0.1) is 0 Å². The molecule has 0 saturated heterocycles. The quantitative estimate of drug-likeness (QED) is 0.647. The van der Waals surface area contributed by atoms with Gasteiger partial charge in [0, 0.05) is 24.0 Å². The summed E-state index contributed by atoms with van der Waals surface area (Å²) in [7, 11) is 0. The van der Waals surface area contributed by atoms with E-state index in [-0.39, 0.29) is 0 Å². The van der Waals surface area contributed by atoms with Crippen LogP contribution in [0.5, 0.6) is 0 Å². The lowest BCUT2D eigenvalue weighted by Crippen LogP contribution is -2.00. The van der Waals surface area contributed by atoms with E-state index in [0.717, 1.165) is 34.9 Å². The molecule has 88 valence electrons. The summed E-state index contributed by atoms with van der Waals surface area (Å²) >= 11 is 0. The van der Waals surface area contributed by atoms with E-state index >= 15 is 0 Å². The Morgan fingerprint density at radius 3 is 2.88 bits per heavy atom. The van der Waals surface area contributed by atoms with Crippen molar-refractivity contribution in [3.63, 3.8) is 0 Å². The van der Waals surface area contributed by atoms with Gasteiger partial charge in [0.15, 0.2) is 0 Å². The fraction of sp³-hybridized carbons (Fsp3) is 0.214. The number of aryl methyl sites for hydroxylation is 1. The molecule has 0 spiro atoms. The summed E-state index contributed by atoms with van der Waals surface area (Å²) < 4.78 is 2.10. The van der Waals surface area contributed by atoms with Crippen LogP contribution in [-0.4, -0.2) is 9.55 Å². The Kier molecular flexibility index (Phi) is 3.00. The molecule has 2 aromatic rings. The topological polar surface area (TPSA) is 43.8 Å². The van der Waals surface area contributed by atoms with Crippen molar-refractivity contribution >= 4 is 5.69 Å². The van der Waals surface area contributed by atoms with E-state index in [1.165, 1.54) is 0 Å². The fourth-order valence-electron chi connectivity index (χ4n) is 1.87. The smallest absolute Gasteiger partial charge is 0.140 e. The van der Waals surface area contributed by atoms with Crippen LogP contribution in [0.25, 0.3) is 11.4 Å². The average Bonchev–Trinajstić information content (AvgIpc) is 2.58. The van der Waals surface area contributed by atoms with Crippen LogP contribution in [0.3, 0.4) is 0 Å². The number of aromatic nitrogens is 2. The summed E-state index contributed by atoms with van der Waals surface area (Å²) in [6, 6.07) is 7.78. The number of nitrogens with two attached hydrogens (primary N) is 1. The van der Waals surface area contributed by atoms with E-state index in [4.69, 9.17) is 5.73 Å². The van der Waals surface area contributed by atoms with Crippen LogP contribution in [0.2, 0.25) is 0 Å². The molecule has 3 nitrogen and oxygen atoms in total. The zero-order valence-electron chi connectivity index (χ0n) is 10.3. The standard InChI is InChI=1S/C14H17N3/c1-10(2)8-17-9-11(3)16-14(17)12-5-4-6-13(15)7-12/h4-7,9H,1,8,15H2,2-3H3. The van der Waals surface area contributed by atoms with Crippen molar-refractivity contribution in [3.05, 3.63) is 48.3 Å². The third-order valence-corrected chi connectivity index (χ3v) is 2.48. The molecule has 1 aromatic heterocycles. The minimum atomic E-state index is 0.755. The molecular weight excluding hydrogens is 210 g/mol. The van der Waals surface area contributed by atoms with E-state index in [1.54, 1.807) is 0 Å². The fourth-order valence-corrected chi connectivity index (χ4v) is 1.87. The second-order valence-corrected chi connectivity index (χ2v) is 4.42. The molecule has 0 atom stereocenters. The summed E-state index contributed by atoms with van der Waals surface area (Å²) in [6.07, 6.45) is 2.03. The van der Waals surface area contributed by atoms with Crippen molar-refractivity contribution in [2.24, 2.45) is 0 Å². The van der Waals surface area contributed by atoms with Gasteiger partial charge in [-0.2, -0.15) is 0 Å². The molecule has 0 radical (unpaired) electrons. The second-order valence-electron chi connectivity index (χ2n) is 4.42. The summed E-state index contributed by atoms with van der Waals surface area (Å²) in [5.74, 6) is 0.942. The van der Waals surface area contributed by atoms with Crippen LogP contribution >= 0.6 is 0 Å². The molecule has 0 saturated carbocycles. The molecule has 1 heterocycles. The highest BCUT2D eigenvalue weighted by molar-refractivity contribution is 5.61. The van der Waals surface area contributed by atoms with Crippen molar-refractivity contribution in [2.75, 3.05) is 5.73 Å². The Morgan fingerprint density at radius 1 is 1.47 bits per heavy atom. The zero-order chi connectivity index (χ0) is 12.4. The van der Waals surface area contributed by atoms with Crippen molar-refractivity contribution in [2.45, 2.75) is 20.4 Å². The van der Waals surface area contributed by atoms with E-state index in [9.17, 15) is 0 Å². The first-order valence-corrected chi connectivity index (χ1v) is 5.60. The van der Waals surface area contributed by atoms with Crippen molar-refractivity contribution in [1.82, 2.24) is 9.55 Å². The predicted molar refractivity (Wildman–Crippen MR) is 71.6 cm³/mol. The molecule has 0 amide bonds. The minimum absolute atomic E-state index is 0.755. The maximum atomic E-state index is 5.80. The van der Waals surface area contributed by atoms with Crippen LogP contribution in [0, 0.1) is 6.92 Å². The van der Waals surface area contributed by atoms with E-state index < -0.39 is 0 Å². The van der Waals surface area contributed by atoms with Crippen LogP contribution in [0.15, 0.2) is 42.6 Å². The van der Waals surface area contributed by atoms with E-state index in [0.29, 0.717) is 0 Å². The van der Waals surface area contributed by atoms with Gasteiger partial charge < -0.3 is 10.3 Å². The maximum absolute atomic E-state index is 5.80. The Morgan fingerprint density at radius 2 is 2.24 bits per heavy atom.